The van der Waals surface area contributed by atoms with Crippen LogP contribution >= 0.6 is 0 Å². The largest absolute Gasteiger partial charge is 0.495 e. The number of aromatic nitrogens is 1. The Morgan fingerprint density at radius 2 is 2.07 bits per heavy atom. The zero-order chi connectivity index (χ0) is 19.8. The SMILES string of the molecule is COc1ccc(C)cc1NC(=O)C1CC(=O)N(c2ccc3oc(C)nc3c2)C1. The molecule has 0 radical (unpaired) electrons. The molecule has 1 aromatic heterocycles. The van der Waals surface area contributed by atoms with E-state index in [4.69, 9.17) is 9.15 Å². The third kappa shape index (κ3) is 3.31. The van der Waals surface area contributed by atoms with Crippen molar-refractivity contribution < 1.29 is 18.7 Å². The number of carbonyl (C=O) groups excluding carboxylic acids is 2. The van der Waals surface area contributed by atoms with Crippen LogP contribution in [0.15, 0.2) is 40.8 Å². The van der Waals surface area contributed by atoms with Crippen LogP contribution in [0.4, 0.5) is 11.4 Å². The molecule has 0 bridgehead atoms. The second kappa shape index (κ2) is 6.99. The average Bonchev–Trinajstić information content (AvgIpc) is 3.23. The van der Waals surface area contributed by atoms with E-state index in [1.807, 2.05) is 37.3 Å². The number of nitrogens with one attached hydrogen (secondary N) is 1. The fourth-order valence-electron chi connectivity index (χ4n) is 3.49. The van der Waals surface area contributed by atoms with Gasteiger partial charge >= 0.3 is 0 Å². The zero-order valence-corrected chi connectivity index (χ0v) is 16.0. The highest BCUT2D eigenvalue weighted by Gasteiger charge is 2.35. The summed E-state index contributed by atoms with van der Waals surface area (Å²) in [6.45, 7) is 4.04. The molecule has 7 nitrogen and oxygen atoms in total. The lowest BCUT2D eigenvalue weighted by Crippen LogP contribution is -2.28. The monoisotopic (exact) mass is 379 g/mol. The molecule has 7 heteroatoms. The number of hydrogen-bond acceptors (Lipinski definition) is 5. The number of anilines is 2. The van der Waals surface area contributed by atoms with Gasteiger partial charge in [0, 0.05) is 25.6 Å². The summed E-state index contributed by atoms with van der Waals surface area (Å²) in [6, 6.07) is 11.0. The first-order valence-electron chi connectivity index (χ1n) is 9.07. The first-order valence-corrected chi connectivity index (χ1v) is 9.07. The number of ether oxygens (including phenoxy) is 1. The molecule has 2 amide bonds. The highest BCUT2D eigenvalue weighted by molar-refractivity contribution is 6.04. The molecule has 28 heavy (non-hydrogen) atoms. The van der Waals surface area contributed by atoms with Crippen molar-refractivity contribution >= 4 is 34.3 Å². The molecule has 1 atom stereocenters. The molecule has 0 saturated carbocycles. The van der Waals surface area contributed by atoms with E-state index in [0.717, 1.165) is 5.56 Å². The van der Waals surface area contributed by atoms with E-state index in [2.05, 4.69) is 10.3 Å². The summed E-state index contributed by atoms with van der Waals surface area (Å²) in [5, 5.41) is 2.90. The van der Waals surface area contributed by atoms with Crippen molar-refractivity contribution in [3.63, 3.8) is 0 Å². The van der Waals surface area contributed by atoms with Crippen LogP contribution in [-0.4, -0.2) is 30.5 Å². The molecular weight excluding hydrogens is 358 g/mol. The molecule has 2 aromatic carbocycles. The molecule has 144 valence electrons. The standard InChI is InChI=1S/C21H21N3O4/c1-12-4-6-18(27-3)16(8-12)23-21(26)14-9-20(25)24(11-14)15-5-7-19-17(10-15)22-13(2)28-19/h4-8,10,14H,9,11H2,1-3H3,(H,23,26). The van der Waals surface area contributed by atoms with Crippen molar-refractivity contribution in [2.24, 2.45) is 5.92 Å². The lowest BCUT2D eigenvalue weighted by Gasteiger charge is -2.17. The minimum absolute atomic E-state index is 0.0871. The van der Waals surface area contributed by atoms with Gasteiger partial charge in [-0.05, 0) is 42.8 Å². The highest BCUT2D eigenvalue weighted by atomic mass is 16.5. The van der Waals surface area contributed by atoms with Crippen LogP contribution in [0.1, 0.15) is 17.9 Å². The number of nitrogens with zero attached hydrogens (tertiary/aromatic N) is 2. The summed E-state index contributed by atoms with van der Waals surface area (Å²) in [5.74, 6) is 0.442. The molecule has 1 fully saturated rings. The molecule has 0 aliphatic carbocycles. The fraction of sp³-hybridized carbons (Fsp3) is 0.286. The Hall–Kier alpha value is -3.35. The van der Waals surface area contributed by atoms with E-state index in [1.165, 1.54) is 0 Å². The van der Waals surface area contributed by atoms with Crippen LogP contribution in [0.3, 0.4) is 0 Å². The Bertz CT molecular complexity index is 1070. The fourth-order valence-corrected chi connectivity index (χ4v) is 3.49. The molecule has 0 spiro atoms. The number of aryl methyl sites for hydroxylation is 2. The summed E-state index contributed by atoms with van der Waals surface area (Å²) in [4.78, 5) is 31.2. The second-order valence-electron chi connectivity index (χ2n) is 6.98. The van der Waals surface area contributed by atoms with E-state index in [9.17, 15) is 9.59 Å². The van der Waals surface area contributed by atoms with Gasteiger partial charge in [0.1, 0.15) is 11.3 Å². The highest BCUT2D eigenvalue weighted by Crippen LogP contribution is 2.30. The third-order valence-electron chi connectivity index (χ3n) is 4.90. The molecule has 2 heterocycles. The summed E-state index contributed by atoms with van der Waals surface area (Å²) in [6.07, 6.45) is 0.163. The topological polar surface area (TPSA) is 84.7 Å². The van der Waals surface area contributed by atoms with E-state index in [-0.39, 0.29) is 18.2 Å². The summed E-state index contributed by atoms with van der Waals surface area (Å²) in [7, 11) is 1.56. The van der Waals surface area contributed by atoms with Gasteiger partial charge in [0.2, 0.25) is 11.8 Å². The van der Waals surface area contributed by atoms with Crippen LogP contribution in [0, 0.1) is 19.8 Å². The number of rotatable bonds is 4. The number of carbonyl (C=O) groups is 2. The Labute approximate surface area is 162 Å². The summed E-state index contributed by atoms with van der Waals surface area (Å²) >= 11 is 0. The van der Waals surface area contributed by atoms with Crippen LogP contribution in [0.2, 0.25) is 0 Å². The van der Waals surface area contributed by atoms with Crippen LogP contribution in [0.5, 0.6) is 5.75 Å². The van der Waals surface area contributed by atoms with Gasteiger partial charge in [-0.1, -0.05) is 6.07 Å². The molecule has 1 N–H and O–H groups in total. The van der Waals surface area contributed by atoms with Gasteiger partial charge in [-0.15, -0.1) is 0 Å². The van der Waals surface area contributed by atoms with Crippen molar-refractivity contribution in [3.8, 4) is 5.75 Å². The van der Waals surface area contributed by atoms with Crippen molar-refractivity contribution in [1.82, 2.24) is 4.98 Å². The molecule has 1 saturated heterocycles. The van der Waals surface area contributed by atoms with Gasteiger partial charge in [-0.25, -0.2) is 4.98 Å². The van der Waals surface area contributed by atoms with E-state index in [0.29, 0.717) is 40.7 Å². The average molecular weight is 379 g/mol. The first kappa shape index (κ1) is 18.0. The van der Waals surface area contributed by atoms with Crippen molar-refractivity contribution in [2.75, 3.05) is 23.9 Å². The van der Waals surface area contributed by atoms with E-state index < -0.39 is 5.92 Å². The molecule has 1 aliphatic rings. The molecule has 3 aromatic rings. The Morgan fingerprint density at radius 3 is 2.86 bits per heavy atom. The first-order chi connectivity index (χ1) is 13.4. The van der Waals surface area contributed by atoms with E-state index in [1.54, 1.807) is 25.0 Å². The normalized spacial score (nSPS) is 16.6. The molecule has 4 rings (SSSR count). The number of fused-ring (bicyclic) bond motifs is 1. The smallest absolute Gasteiger partial charge is 0.229 e. The van der Waals surface area contributed by atoms with Gasteiger partial charge in [0.05, 0.1) is 18.7 Å². The number of oxazole rings is 1. The Kier molecular flexibility index (Phi) is 4.50. The molecular formula is C21H21N3O4. The minimum atomic E-state index is -0.438. The maximum atomic E-state index is 12.8. The van der Waals surface area contributed by atoms with Crippen molar-refractivity contribution in [1.29, 1.82) is 0 Å². The summed E-state index contributed by atoms with van der Waals surface area (Å²) < 4.78 is 10.8. The molecule has 1 unspecified atom stereocenters. The van der Waals surface area contributed by atoms with Gasteiger partial charge in [-0.2, -0.15) is 0 Å². The number of methoxy groups -OCH3 is 1. The maximum Gasteiger partial charge on any atom is 0.229 e. The summed E-state index contributed by atoms with van der Waals surface area (Å²) in [5.41, 5.74) is 3.71. The van der Waals surface area contributed by atoms with Crippen molar-refractivity contribution in [2.45, 2.75) is 20.3 Å². The van der Waals surface area contributed by atoms with Crippen molar-refractivity contribution in [3.05, 3.63) is 47.9 Å². The van der Waals surface area contributed by atoms with Gasteiger partial charge in [0.25, 0.3) is 0 Å². The van der Waals surface area contributed by atoms with Gasteiger partial charge in [0.15, 0.2) is 11.5 Å². The van der Waals surface area contributed by atoms with Gasteiger partial charge in [-0.3, -0.25) is 9.59 Å². The molecule has 1 aliphatic heterocycles. The Morgan fingerprint density at radius 1 is 1.25 bits per heavy atom. The number of benzene rings is 2. The lowest BCUT2D eigenvalue weighted by atomic mass is 10.1. The van der Waals surface area contributed by atoms with Crippen LogP contribution < -0.4 is 15.0 Å². The zero-order valence-electron chi connectivity index (χ0n) is 16.0. The predicted octanol–water partition coefficient (Wildman–Crippen LogP) is 3.44. The Balaban J connectivity index is 1.52. The third-order valence-corrected chi connectivity index (χ3v) is 4.90. The van der Waals surface area contributed by atoms with E-state index >= 15 is 0 Å². The quantitative estimate of drug-likeness (QED) is 0.751. The number of hydrogen-bond donors (Lipinski definition) is 1. The van der Waals surface area contributed by atoms with Crippen LogP contribution in [0.25, 0.3) is 11.1 Å². The number of amides is 2. The maximum absolute atomic E-state index is 12.8. The minimum Gasteiger partial charge on any atom is -0.495 e. The lowest BCUT2D eigenvalue weighted by molar-refractivity contribution is -0.122. The van der Waals surface area contributed by atoms with Gasteiger partial charge < -0.3 is 19.4 Å². The second-order valence-corrected chi connectivity index (χ2v) is 6.98. The predicted molar refractivity (Wildman–Crippen MR) is 106 cm³/mol. The van der Waals surface area contributed by atoms with Crippen LogP contribution in [-0.2, 0) is 9.59 Å².